The molecule has 0 aromatic heterocycles. The van der Waals surface area contributed by atoms with E-state index in [0.717, 1.165) is 6.42 Å². The SMILES string of the molecule is CCC(C)c1cc(F)c(Oc2ccc3c(c2)OCO3)c(F)c1. The van der Waals surface area contributed by atoms with Gasteiger partial charge in [-0.05, 0) is 42.2 Å². The molecular weight excluding hydrogens is 290 g/mol. The Bertz CT molecular complexity index is 677. The monoisotopic (exact) mass is 306 g/mol. The predicted octanol–water partition coefficient (Wildman–Crippen LogP) is 5.00. The van der Waals surface area contributed by atoms with E-state index in [4.69, 9.17) is 14.2 Å². The number of ether oxygens (including phenoxy) is 3. The van der Waals surface area contributed by atoms with Gasteiger partial charge in [0.25, 0.3) is 0 Å². The maximum Gasteiger partial charge on any atom is 0.231 e. The van der Waals surface area contributed by atoms with E-state index in [2.05, 4.69) is 0 Å². The zero-order valence-electron chi connectivity index (χ0n) is 12.4. The minimum Gasteiger partial charge on any atom is -0.454 e. The number of benzene rings is 2. The van der Waals surface area contributed by atoms with Crippen LogP contribution in [0.4, 0.5) is 8.78 Å². The average Bonchev–Trinajstić information content (AvgIpc) is 2.97. The number of hydrogen-bond acceptors (Lipinski definition) is 3. The highest BCUT2D eigenvalue weighted by molar-refractivity contribution is 5.48. The molecule has 22 heavy (non-hydrogen) atoms. The molecule has 1 unspecified atom stereocenters. The van der Waals surface area contributed by atoms with Crippen LogP contribution in [-0.4, -0.2) is 6.79 Å². The van der Waals surface area contributed by atoms with Crippen LogP contribution in [0, 0.1) is 11.6 Å². The van der Waals surface area contributed by atoms with Gasteiger partial charge in [0.1, 0.15) is 5.75 Å². The third kappa shape index (κ3) is 2.71. The van der Waals surface area contributed by atoms with Crippen LogP contribution < -0.4 is 14.2 Å². The number of hydrogen-bond donors (Lipinski definition) is 0. The van der Waals surface area contributed by atoms with Crippen molar-refractivity contribution < 1.29 is 23.0 Å². The molecule has 1 heterocycles. The van der Waals surface area contributed by atoms with Crippen molar-refractivity contribution in [1.29, 1.82) is 0 Å². The molecule has 2 aromatic carbocycles. The first-order valence-corrected chi connectivity index (χ1v) is 7.15. The van der Waals surface area contributed by atoms with E-state index in [9.17, 15) is 8.78 Å². The van der Waals surface area contributed by atoms with Crippen LogP contribution in [0.2, 0.25) is 0 Å². The number of fused-ring (bicyclic) bond motifs is 1. The molecule has 0 saturated heterocycles. The van der Waals surface area contributed by atoms with Crippen LogP contribution >= 0.6 is 0 Å². The highest BCUT2D eigenvalue weighted by atomic mass is 19.1. The molecule has 0 bridgehead atoms. The standard InChI is InChI=1S/C17H16F2O3/c1-3-10(2)11-6-13(18)17(14(19)7-11)22-12-4-5-15-16(8-12)21-9-20-15/h4-8,10H,3,9H2,1-2H3. The molecule has 1 aliphatic rings. The van der Waals surface area contributed by atoms with Gasteiger partial charge in [-0.2, -0.15) is 0 Å². The minimum atomic E-state index is -0.715. The summed E-state index contributed by atoms with van der Waals surface area (Å²) in [7, 11) is 0. The van der Waals surface area contributed by atoms with E-state index in [1.165, 1.54) is 12.1 Å². The molecule has 0 radical (unpaired) electrons. The Hall–Kier alpha value is -2.30. The Balaban J connectivity index is 1.89. The highest BCUT2D eigenvalue weighted by Gasteiger charge is 2.18. The molecule has 116 valence electrons. The molecule has 2 aromatic rings. The Morgan fingerprint density at radius 2 is 1.77 bits per heavy atom. The molecule has 0 fully saturated rings. The zero-order chi connectivity index (χ0) is 15.7. The summed E-state index contributed by atoms with van der Waals surface area (Å²) in [5.74, 6) is -0.385. The summed E-state index contributed by atoms with van der Waals surface area (Å²) in [6.45, 7) is 4.02. The molecule has 0 spiro atoms. The fourth-order valence-electron chi connectivity index (χ4n) is 2.26. The van der Waals surface area contributed by atoms with Crippen LogP contribution in [0.3, 0.4) is 0 Å². The summed E-state index contributed by atoms with van der Waals surface area (Å²) in [5.41, 5.74) is 0.621. The van der Waals surface area contributed by atoms with Crippen molar-refractivity contribution in [3.8, 4) is 23.0 Å². The van der Waals surface area contributed by atoms with E-state index in [0.29, 0.717) is 22.8 Å². The summed E-state index contributed by atoms with van der Waals surface area (Å²) in [6.07, 6.45) is 0.807. The van der Waals surface area contributed by atoms with Crippen LogP contribution in [-0.2, 0) is 0 Å². The molecule has 3 nitrogen and oxygen atoms in total. The summed E-state index contributed by atoms with van der Waals surface area (Å²) in [6, 6.07) is 7.40. The molecule has 0 amide bonds. The largest absolute Gasteiger partial charge is 0.454 e. The van der Waals surface area contributed by atoms with Crippen molar-refractivity contribution in [3.05, 3.63) is 47.5 Å². The van der Waals surface area contributed by atoms with Gasteiger partial charge in [-0.1, -0.05) is 13.8 Å². The van der Waals surface area contributed by atoms with Gasteiger partial charge >= 0.3 is 0 Å². The van der Waals surface area contributed by atoms with Gasteiger partial charge in [0.2, 0.25) is 6.79 Å². The number of halogens is 2. The first-order chi connectivity index (χ1) is 10.6. The van der Waals surface area contributed by atoms with Crippen molar-refractivity contribution in [1.82, 2.24) is 0 Å². The van der Waals surface area contributed by atoms with Gasteiger partial charge < -0.3 is 14.2 Å². The summed E-state index contributed by atoms with van der Waals surface area (Å²) in [4.78, 5) is 0. The zero-order valence-corrected chi connectivity index (χ0v) is 12.4. The Morgan fingerprint density at radius 1 is 1.09 bits per heavy atom. The Labute approximate surface area is 127 Å². The highest BCUT2D eigenvalue weighted by Crippen LogP contribution is 2.38. The lowest BCUT2D eigenvalue weighted by atomic mass is 9.98. The second kappa shape index (κ2) is 5.83. The Morgan fingerprint density at radius 3 is 2.45 bits per heavy atom. The van der Waals surface area contributed by atoms with Gasteiger partial charge in [-0.3, -0.25) is 0 Å². The predicted molar refractivity (Wildman–Crippen MR) is 77.7 cm³/mol. The van der Waals surface area contributed by atoms with Crippen LogP contribution in [0.5, 0.6) is 23.0 Å². The van der Waals surface area contributed by atoms with E-state index in [1.807, 2.05) is 13.8 Å². The lowest BCUT2D eigenvalue weighted by Gasteiger charge is -2.13. The normalized spacial score (nSPS) is 14.0. The van der Waals surface area contributed by atoms with E-state index < -0.39 is 17.4 Å². The van der Waals surface area contributed by atoms with Gasteiger partial charge in [0.15, 0.2) is 28.9 Å². The maximum absolute atomic E-state index is 14.1. The molecule has 1 aliphatic heterocycles. The minimum absolute atomic E-state index is 0.0867. The van der Waals surface area contributed by atoms with Crippen LogP contribution in [0.1, 0.15) is 31.7 Å². The first kappa shape index (κ1) is 14.6. The van der Waals surface area contributed by atoms with E-state index in [-0.39, 0.29) is 12.7 Å². The van der Waals surface area contributed by atoms with Gasteiger partial charge in [0.05, 0.1) is 0 Å². The first-order valence-electron chi connectivity index (χ1n) is 7.15. The van der Waals surface area contributed by atoms with E-state index in [1.54, 1.807) is 18.2 Å². The quantitative estimate of drug-likeness (QED) is 0.795. The lowest BCUT2D eigenvalue weighted by Crippen LogP contribution is -1.98. The van der Waals surface area contributed by atoms with Crippen molar-refractivity contribution in [2.24, 2.45) is 0 Å². The van der Waals surface area contributed by atoms with Gasteiger partial charge in [-0.15, -0.1) is 0 Å². The molecule has 0 N–H and O–H groups in total. The van der Waals surface area contributed by atoms with Crippen LogP contribution in [0.25, 0.3) is 0 Å². The average molecular weight is 306 g/mol. The van der Waals surface area contributed by atoms with Crippen molar-refractivity contribution in [2.45, 2.75) is 26.2 Å². The maximum atomic E-state index is 14.1. The second-order valence-corrected chi connectivity index (χ2v) is 5.24. The smallest absolute Gasteiger partial charge is 0.231 e. The molecule has 0 saturated carbocycles. The van der Waals surface area contributed by atoms with E-state index >= 15 is 0 Å². The lowest BCUT2D eigenvalue weighted by molar-refractivity contribution is 0.174. The fraction of sp³-hybridized carbons (Fsp3) is 0.294. The molecular formula is C17H16F2O3. The number of rotatable bonds is 4. The van der Waals surface area contributed by atoms with Crippen molar-refractivity contribution in [3.63, 3.8) is 0 Å². The third-order valence-corrected chi connectivity index (χ3v) is 3.77. The topological polar surface area (TPSA) is 27.7 Å². The summed E-state index contributed by atoms with van der Waals surface area (Å²) in [5, 5.41) is 0. The molecule has 0 aliphatic carbocycles. The molecule has 3 rings (SSSR count). The molecule has 1 atom stereocenters. The van der Waals surface area contributed by atoms with Crippen LogP contribution in [0.15, 0.2) is 30.3 Å². The summed E-state index contributed by atoms with van der Waals surface area (Å²) < 4.78 is 44.0. The van der Waals surface area contributed by atoms with Crippen molar-refractivity contribution >= 4 is 0 Å². The third-order valence-electron chi connectivity index (χ3n) is 3.77. The second-order valence-electron chi connectivity index (χ2n) is 5.24. The van der Waals surface area contributed by atoms with Crippen molar-refractivity contribution in [2.75, 3.05) is 6.79 Å². The van der Waals surface area contributed by atoms with Gasteiger partial charge in [0, 0.05) is 6.07 Å². The van der Waals surface area contributed by atoms with Gasteiger partial charge in [-0.25, -0.2) is 8.78 Å². The Kier molecular flexibility index (Phi) is 3.88. The summed E-state index contributed by atoms with van der Waals surface area (Å²) >= 11 is 0. The molecule has 5 heteroatoms. The fourth-order valence-corrected chi connectivity index (χ4v) is 2.26.